The summed E-state index contributed by atoms with van der Waals surface area (Å²) in [6.07, 6.45) is 3.66. The Hall–Kier alpha value is -1.72. The van der Waals surface area contributed by atoms with E-state index in [-0.39, 0.29) is 18.0 Å². The maximum atomic E-state index is 11.6. The van der Waals surface area contributed by atoms with Crippen LogP contribution in [0.4, 0.5) is 6.01 Å². The van der Waals surface area contributed by atoms with Crippen molar-refractivity contribution in [3.05, 3.63) is 5.82 Å². The Kier molecular flexibility index (Phi) is 1.65. The minimum absolute atomic E-state index is 0.124. The molecule has 0 N–H and O–H groups in total. The highest BCUT2D eigenvalue weighted by Gasteiger charge is 2.33. The first-order chi connectivity index (χ1) is 7.25. The Bertz CT molecular complexity index is 435. The van der Waals surface area contributed by atoms with Crippen LogP contribution in [0.1, 0.15) is 31.5 Å². The third-order valence-corrected chi connectivity index (χ3v) is 2.58. The van der Waals surface area contributed by atoms with Gasteiger partial charge in [-0.2, -0.15) is 4.98 Å². The van der Waals surface area contributed by atoms with E-state index in [0.29, 0.717) is 11.7 Å². The van der Waals surface area contributed by atoms with Crippen LogP contribution in [0.2, 0.25) is 0 Å². The molecule has 2 heterocycles. The van der Waals surface area contributed by atoms with Gasteiger partial charge in [0.05, 0.1) is 0 Å². The number of aromatic nitrogens is 2. The predicted octanol–water partition coefficient (Wildman–Crippen LogP) is 0.710. The van der Waals surface area contributed by atoms with Gasteiger partial charge in [-0.1, -0.05) is 5.16 Å². The second-order valence-electron chi connectivity index (χ2n) is 3.86. The number of carbonyl (C=O) groups is 1. The lowest BCUT2D eigenvalue weighted by molar-refractivity contribution is -0.118. The highest BCUT2D eigenvalue weighted by Crippen LogP contribution is 2.38. The first-order valence-corrected chi connectivity index (χ1v) is 4.95. The van der Waals surface area contributed by atoms with E-state index in [2.05, 4.69) is 15.1 Å². The van der Waals surface area contributed by atoms with Crippen molar-refractivity contribution in [1.82, 2.24) is 10.1 Å². The first-order valence-electron chi connectivity index (χ1n) is 4.95. The van der Waals surface area contributed by atoms with Crippen LogP contribution in [0.5, 0.6) is 0 Å². The molecular weight excluding hydrogens is 196 g/mol. The van der Waals surface area contributed by atoms with Crippen LogP contribution in [0.25, 0.3) is 0 Å². The highest BCUT2D eigenvalue weighted by molar-refractivity contribution is 6.13. The summed E-state index contributed by atoms with van der Waals surface area (Å²) in [6.45, 7) is 1.73. The molecule has 1 saturated carbocycles. The number of hydrogen-bond acceptors (Lipinski definition) is 5. The van der Waals surface area contributed by atoms with E-state index >= 15 is 0 Å². The fourth-order valence-corrected chi connectivity index (χ4v) is 1.46. The molecule has 2 aliphatic rings. The van der Waals surface area contributed by atoms with E-state index in [1.54, 1.807) is 6.92 Å². The Morgan fingerprint density at radius 1 is 1.53 bits per heavy atom. The average molecular weight is 206 g/mol. The molecule has 0 radical (unpaired) electrons. The Morgan fingerprint density at radius 3 is 2.93 bits per heavy atom. The molecule has 1 aliphatic carbocycles. The van der Waals surface area contributed by atoms with Crippen molar-refractivity contribution in [3.63, 3.8) is 0 Å². The molecule has 1 amide bonds. The molecule has 1 aromatic heterocycles. The van der Waals surface area contributed by atoms with Gasteiger partial charge in [-0.15, -0.1) is 0 Å². The summed E-state index contributed by atoms with van der Waals surface area (Å²) in [5.41, 5.74) is 0. The van der Waals surface area contributed by atoms with E-state index in [1.807, 2.05) is 0 Å². The zero-order valence-electron chi connectivity index (χ0n) is 8.25. The minimum atomic E-state index is -0.346. The monoisotopic (exact) mass is 206 g/mol. The molecular formula is C9H10N4O2. The molecule has 0 aromatic carbocycles. The van der Waals surface area contributed by atoms with Crippen molar-refractivity contribution < 1.29 is 9.32 Å². The number of rotatable bonds is 2. The summed E-state index contributed by atoms with van der Waals surface area (Å²) in [6, 6.07) is -0.115. The van der Waals surface area contributed by atoms with Crippen molar-refractivity contribution in [1.29, 1.82) is 0 Å². The van der Waals surface area contributed by atoms with Crippen molar-refractivity contribution in [2.45, 2.75) is 31.7 Å². The smallest absolute Gasteiger partial charge is 0.314 e. The van der Waals surface area contributed by atoms with Crippen LogP contribution in [0.3, 0.4) is 0 Å². The molecule has 0 saturated heterocycles. The van der Waals surface area contributed by atoms with Crippen molar-refractivity contribution in [3.8, 4) is 0 Å². The molecule has 1 unspecified atom stereocenters. The SMILES string of the molecule is CC1N=CN(c2nc(C3CC3)no2)C1=O. The number of amides is 1. The largest absolute Gasteiger partial charge is 0.336 e. The number of nitrogens with zero attached hydrogens (tertiary/aromatic N) is 4. The van der Waals surface area contributed by atoms with Gasteiger partial charge >= 0.3 is 6.01 Å². The highest BCUT2D eigenvalue weighted by atomic mass is 16.5. The molecule has 6 nitrogen and oxygen atoms in total. The van der Waals surface area contributed by atoms with Crippen LogP contribution >= 0.6 is 0 Å². The molecule has 0 spiro atoms. The topological polar surface area (TPSA) is 71.6 Å². The molecule has 1 aliphatic heterocycles. The maximum absolute atomic E-state index is 11.6. The van der Waals surface area contributed by atoms with E-state index in [9.17, 15) is 4.79 Å². The quantitative estimate of drug-likeness (QED) is 0.714. The zero-order valence-corrected chi connectivity index (χ0v) is 8.25. The minimum Gasteiger partial charge on any atom is -0.314 e. The van der Waals surface area contributed by atoms with Crippen LogP contribution in [-0.4, -0.2) is 28.4 Å². The summed E-state index contributed by atoms with van der Waals surface area (Å²) in [5.74, 6) is 1.00. The molecule has 1 atom stereocenters. The predicted molar refractivity (Wildman–Crippen MR) is 51.7 cm³/mol. The number of carbonyl (C=O) groups excluding carboxylic acids is 1. The van der Waals surface area contributed by atoms with Gasteiger partial charge < -0.3 is 4.52 Å². The van der Waals surface area contributed by atoms with Crippen LogP contribution in [0, 0.1) is 0 Å². The molecule has 78 valence electrons. The molecule has 0 bridgehead atoms. The lowest BCUT2D eigenvalue weighted by Crippen LogP contribution is -2.29. The lowest BCUT2D eigenvalue weighted by atomic mass is 10.3. The second kappa shape index (κ2) is 2.88. The van der Waals surface area contributed by atoms with Gasteiger partial charge in [-0.3, -0.25) is 9.79 Å². The number of hydrogen-bond donors (Lipinski definition) is 0. The summed E-state index contributed by atoms with van der Waals surface area (Å²) >= 11 is 0. The average Bonchev–Trinajstić information content (AvgIpc) is 2.89. The molecule has 1 fully saturated rings. The van der Waals surface area contributed by atoms with Crippen molar-refractivity contribution in [2.24, 2.45) is 4.99 Å². The summed E-state index contributed by atoms with van der Waals surface area (Å²) in [4.78, 5) is 21.0. The Morgan fingerprint density at radius 2 is 2.33 bits per heavy atom. The molecule has 1 aromatic rings. The van der Waals surface area contributed by atoms with Gasteiger partial charge in [0.15, 0.2) is 5.82 Å². The summed E-state index contributed by atoms with van der Waals surface area (Å²) in [5, 5.41) is 3.84. The second-order valence-corrected chi connectivity index (χ2v) is 3.86. The van der Waals surface area contributed by atoms with Crippen LogP contribution < -0.4 is 4.90 Å². The van der Waals surface area contributed by atoms with Gasteiger partial charge in [-0.25, -0.2) is 4.90 Å². The summed E-state index contributed by atoms with van der Waals surface area (Å²) in [7, 11) is 0. The standard InChI is InChI=1S/C9H10N4O2/c1-5-8(14)13(4-10-5)9-11-7(12-15-9)6-2-3-6/h4-6H,2-3H2,1H3. The van der Waals surface area contributed by atoms with Gasteiger partial charge in [0.2, 0.25) is 0 Å². The van der Waals surface area contributed by atoms with Crippen LogP contribution in [-0.2, 0) is 4.79 Å². The van der Waals surface area contributed by atoms with Gasteiger partial charge in [0, 0.05) is 5.92 Å². The molecule has 3 rings (SSSR count). The fraction of sp³-hybridized carbons (Fsp3) is 0.556. The lowest BCUT2D eigenvalue weighted by Gasteiger charge is -2.05. The van der Waals surface area contributed by atoms with E-state index < -0.39 is 0 Å². The van der Waals surface area contributed by atoms with Gasteiger partial charge in [0.25, 0.3) is 5.91 Å². The Balaban J connectivity index is 1.86. The van der Waals surface area contributed by atoms with Crippen LogP contribution in [0.15, 0.2) is 9.52 Å². The fourth-order valence-electron chi connectivity index (χ4n) is 1.46. The molecule has 6 heteroatoms. The third kappa shape index (κ3) is 1.33. The third-order valence-electron chi connectivity index (χ3n) is 2.58. The molecule has 15 heavy (non-hydrogen) atoms. The van der Waals surface area contributed by atoms with E-state index in [0.717, 1.165) is 12.8 Å². The summed E-state index contributed by atoms with van der Waals surface area (Å²) < 4.78 is 5.02. The van der Waals surface area contributed by atoms with Gasteiger partial charge in [0.1, 0.15) is 12.4 Å². The maximum Gasteiger partial charge on any atom is 0.336 e. The van der Waals surface area contributed by atoms with E-state index in [1.165, 1.54) is 11.2 Å². The number of anilines is 1. The number of aliphatic imine (C=N–C) groups is 1. The van der Waals surface area contributed by atoms with E-state index in [4.69, 9.17) is 4.52 Å². The van der Waals surface area contributed by atoms with Crippen molar-refractivity contribution in [2.75, 3.05) is 4.90 Å². The zero-order chi connectivity index (χ0) is 10.4. The van der Waals surface area contributed by atoms with Gasteiger partial charge in [-0.05, 0) is 19.8 Å². The van der Waals surface area contributed by atoms with Crippen molar-refractivity contribution >= 4 is 18.3 Å². The first kappa shape index (κ1) is 8.58. The normalized spacial score (nSPS) is 25.3. The Labute approximate surface area is 86.0 Å².